The number of nitrogens with zero attached hydrogens (tertiary/aromatic N) is 3. The van der Waals surface area contributed by atoms with Crippen molar-refractivity contribution in [1.29, 1.82) is 0 Å². The molecule has 0 aliphatic heterocycles. The molecule has 0 saturated heterocycles. The van der Waals surface area contributed by atoms with E-state index in [1.165, 1.54) is 24.9 Å². The van der Waals surface area contributed by atoms with E-state index in [4.69, 9.17) is 27.9 Å². The van der Waals surface area contributed by atoms with Crippen molar-refractivity contribution in [3.8, 4) is 5.75 Å². The van der Waals surface area contributed by atoms with E-state index in [-0.39, 0.29) is 5.91 Å². The molecule has 1 N–H and O–H groups in total. The molecule has 0 aliphatic rings. The fourth-order valence-electron chi connectivity index (χ4n) is 2.52. The third-order valence-electron chi connectivity index (χ3n) is 3.88. The van der Waals surface area contributed by atoms with Crippen molar-refractivity contribution < 1.29 is 9.53 Å². The first-order chi connectivity index (χ1) is 14.0. The van der Waals surface area contributed by atoms with Gasteiger partial charge in [0.15, 0.2) is 0 Å². The van der Waals surface area contributed by atoms with Crippen LogP contribution in [0.3, 0.4) is 0 Å². The smallest absolute Gasteiger partial charge is 0.262 e. The summed E-state index contributed by atoms with van der Waals surface area (Å²) in [7, 11) is 1.50. The molecule has 3 rings (SSSR count). The molecule has 29 heavy (non-hydrogen) atoms. The number of halogens is 2. The molecule has 1 amide bonds. The molecule has 0 bridgehead atoms. The van der Waals surface area contributed by atoms with Crippen LogP contribution >= 0.6 is 35.0 Å². The van der Waals surface area contributed by atoms with Crippen LogP contribution in [-0.2, 0) is 10.5 Å². The normalized spacial score (nSPS) is 11.0. The van der Waals surface area contributed by atoms with Crippen LogP contribution in [0.1, 0.15) is 17.0 Å². The molecule has 2 aromatic carbocycles. The molecule has 0 spiro atoms. The third kappa shape index (κ3) is 5.53. The molecule has 0 aliphatic carbocycles. The van der Waals surface area contributed by atoms with Crippen LogP contribution in [0.15, 0.2) is 53.7 Å². The maximum atomic E-state index is 12.4. The summed E-state index contributed by atoms with van der Waals surface area (Å²) in [6, 6.07) is 13.2. The Balaban J connectivity index is 1.71. The Morgan fingerprint density at radius 3 is 2.72 bits per heavy atom. The Bertz CT molecular complexity index is 1040. The van der Waals surface area contributed by atoms with Gasteiger partial charge in [0, 0.05) is 22.4 Å². The summed E-state index contributed by atoms with van der Waals surface area (Å²) in [4.78, 5) is 12.4. The number of ether oxygens (including phenoxy) is 1. The zero-order valence-corrected chi connectivity index (χ0v) is 18.1. The second kappa shape index (κ2) is 9.82. The SMILES string of the molecule is COc1c(Cl)cc(Cl)cc1C=CC(=O)Nn1c(C)nnc1SCc1ccccc1. The first-order valence-corrected chi connectivity index (χ1v) is 10.3. The lowest BCUT2D eigenvalue weighted by atomic mass is 10.2. The number of methoxy groups -OCH3 is 1. The molecular weight excluding hydrogens is 431 g/mol. The van der Waals surface area contributed by atoms with E-state index >= 15 is 0 Å². The Labute approximate surface area is 182 Å². The number of hydrogen-bond acceptors (Lipinski definition) is 5. The molecule has 1 heterocycles. The summed E-state index contributed by atoms with van der Waals surface area (Å²) in [5, 5.41) is 9.60. The lowest BCUT2D eigenvalue weighted by molar-refractivity contribution is -0.112. The first-order valence-electron chi connectivity index (χ1n) is 8.58. The van der Waals surface area contributed by atoms with Crippen molar-refractivity contribution >= 4 is 46.9 Å². The van der Waals surface area contributed by atoms with E-state index in [9.17, 15) is 4.79 Å². The lowest BCUT2D eigenvalue weighted by Gasteiger charge is -2.09. The van der Waals surface area contributed by atoms with Crippen molar-refractivity contribution in [2.24, 2.45) is 0 Å². The summed E-state index contributed by atoms with van der Waals surface area (Å²) in [5.41, 5.74) is 4.52. The monoisotopic (exact) mass is 448 g/mol. The van der Waals surface area contributed by atoms with Gasteiger partial charge in [-0.25, -0.2) is 4.68 Å². The molecule has 0 atom stereocenters. The van der Waals surface area contributed by atoms with Gasteiger partial charge in [-0.15, -0.1) is 10.2 Å². The summed E-state index contributed by atoms with van der Waals surface area (Å²) >= 11 is 13.6. The molecule has 0 unspecified atom stereocenters. The maximum Gasteiger partial charge on any atom is 0.262 e. The number of carbonyl (C=O) groups excluding carboxylic acids is 1. The molecule has 6 nitrogen and oxygen atoms in total. The average molecular weight is 449 g/mol. The van der Waals surface area contributed by atoms with Gasteiger partial charge in [0.25, 0.3) is 5.91 Å². The largest absolute Gasteiger partial charge is 0.495 e. The summed E-state index contributed by atoms with van der Waals surface area (Å²) in [6.07, 6.45) is 2.96. The predicted octanol–water partition coefficient (Wildman–Crippen LogP) is 4.98. The minimum atomic E-state index is -0.354. The number of amides is 1. The highest BCUT2D eigenvalue weighted by Crippen LogP contribution is 2.33. The van der Waals surface area contributed by atoms with Crippen molar-refractivity contribution in [2.45, 2.75) is 17.8 Å². The van der Waals surface area contributed by atoms with Gasteiger partial charge in [0.1, 0.15) is 11.6 Å². The van der Waals surface area contributed by atoms with Crippen molar-refractivity contribution in [3.05, 3.63) is 75.5 Å². The zero-order valence-electron chi connectivity index (χ0n) is 15.7. The maximum absolute atomic E-state index is 12.4. The number of aryl methyl sites for hydroxylation is 1. The van der Waals surface area contributed by atoms with Crippen LogP contribution in [0.2, 0.25) is 10.0 Å². The Kier molecular flexibility index (Phi) is 7.19. The minimum absolute atomic E-state index is 0.354. The second-order valence-electron chi connectivity index (χ2n) is 5.96. The number of benzene rings is 2. The fraction of sp³-hybridized carbons (Fsp3) is 0.150. The summed E-state index contributed by atoms with van der Waals surface area (Å²) < 4.78 is 6.84. The van der Waals surface area contributed by atoms with E-state index in [0.717, 1.165) is 5.56 Å². The molecule has 1 aromatic heterocycles. The Morgan fingerprint density at radius 1 is 1.24 bits per heavy atom. The molecule has 9 heteroatoms. The van der Waals surface area contributed by atoms with E-state index in [1.54, 1.807) is 29.8 Å². The van der Waals surface area contributed by atoms with E-state index < -0.39 is 0 Å². The molecular formula is C20H18Cl2N4O2S. The molecule has 0 saturated carbocycles. The quantitative estimate of drug-likeness (QED) is 0.407. The molecule has 0 radical (unpaired) electrons. The number of nitrogens with one attached hydrogen (secondary N) is 1. The average Bonchev–Trinajstić information content (AvgIpc) is 3.04. The standard InChI is InChI=1S/C20H18Cl2N4O2S/c1-13-23-24-20(29-12-14-6-4-3-5-7-14)26(13)25-18(27)9-8-15-10-16(21)11-17(22)19(15)28-2/h3-11H,12H2,1-2H3,(H,25,27). The summed E-state index contributed by atoms with van der Waals surface area (Å²) in [5.74, 6) is 1.38. The Hall–Kier alpha value is -2.48. The summed E-state index contributed by atoms with van der Waals surface area (Å²) in [6.45, 7) is 1.77. The van der Waals surface area contributed by atoms with E-state index in [0.29, 0.717) is 38.1 Å². The number of thioether (sulfide) groups is 1. The van der Waals surface area contributed by atoms with Gasteiger partial charge >= 0.3 is 0 Å². The van der Waals surface area contributed by atoms with Crippen LogP contribution < -0.4 is 10.2 Å². The van der Waals surface area contributed by atoms with Crippen LogP contribution in [-0.4, -0.2) is 27.9 Å². The van der Waals surface area contributed by atoms with Crippen LogP contribution in [0.4, 0.5) is 0 Å². The van der Waals surface area contributed by atoms with Crippen LogP contribution in [0, 0.1) is 6.92 Å². The van der Waals surface area contributed by atoms with Crippen molar-refractivity contribution in [2.75, 3.05) is 12.5 Å². The number of rotatable bonds is 7. The van der Waals surface area contributed by atoms with Gasteiger partial charge in [0.05, 0.1) is 12.1 Å². The van der Waals surface area contributed by atoms with Crippen molar-refractivity contribution in [3.63, 3.8) is 0 Å². The van der Waals surface area contributed by atoms with Gasteiger partial charge in [-0.3, -0.25) is 10.2 Å². The number of hydrogen-bond donors (Lipinski definition) is 1. The number of carbonyl (C=O) groups is 1. The van der Waals surface area contributed by atoms with Gasteiger partial charge in [-0.2, -0.15) is 0 Å². The van der Waals surface area contributed by atoms with E-state index in [1.807, 2.05) is 30.3 Å². The van der Waals surface area contributed by atoms with Gasteiger partial charge in [-0.05, 0) is 30.7 Å². The van der Waals surface area contributed by atoms with Crippen molar-refractivity contribution in [1.82, 2.24) is 14.9 Å². The first kappa shape index (κ1) is 21.2. The van der Waals surface area contributed by atoms with Crippen LogP contribution in [0.5, 0.6) is 5.75 Å². The van der Waals surface area contributed by atoms with Gasteiger partial charge in [0.2, 0.25) is 5.16 Å². The van der Waals surface area contributed by atoms with E-state index in [2.05, 4.69) is 15.6 Å². The highest BCUT2D eigenvalue weighted by Gasteiger charge is 2.12. The molecule has 3 aromatic rings. The topological polar surface area (TPSA) is 69.0 Å². The van der Waals surface area contributed by atoms with Crippen LogP contribution in [0.25, 0.3) is 6.08 Å². The fourth-order valence-corrected chi connectivity index (χ4v) is 4.00. The second-order valence-corrected chi connectivity index (χ2v) is 7.75. The molecule has 0 fully saturated rings. The molecule has 150 valence electrons. The lowest BCUT2D eigenvalue weighted by Crippen LogP contribution is -2.22. The Morgan fingerprint density at radius 2 is 2.00 bits per heavy atom. The van der Waals surface area contributed by atoms with Gasteiger partial charge in [-0.1, -0.05) is 65.3 Å². The zero-order chi connectivity index (χ0) is 20.8. The number of aromatic nitrogens is 3. The van der Waals surface area contributed by atoms with Gasteiger partial charge < -0.3 is 4.74 Å². The highest BCUT2D eigenvalue weighted by molar-refractivity contribution is 7.98. The third-order valence-corrected chi connectivity index (χ3v) is 5.38. The minimum Gasteiger partial charge on any atom is -0.495 e. The highest BCUT2D eigenvalue weighted by atomic mass is 35.5. The predicted molar refractivity (Wildman–Crippen MR) is 117 cm³/mol.